The molecular formula is C21H19FN2O5. The van der Waals surface area contributed by atoms with E-state index in [1.807, 2.05) is 0 Å². The summed E-state index contributed by atoms with van der Waals surface area (Å²) in [6.07, 6.45) is 0. The molecule has 2 aromatic carbocycles. The summed E-state index contributed by atoms with van der Waals surface area (Å²) >= 11 is 0. The number of benzene rings is 2. The SMILES string of the molecule is Cc1cc(=O)oc2cc(OCC(=O)N(C)CC(=O)Nc3ccc(F)cc3)ccc12. The fraction of sp³-hybridized carbons (Fsp3) is 0.190. The summed E-state index contributed by atoms with van der Waals surface area (Å²) in [6, 6.07) is 11.7. The lowest BCUT2D eigenvalue weighted by atomic mass is 10.1. The minimum absolute atomic E-state index is 0.189. The minimum Gasteiger partial charge on any atom is -0.484 e. The number of amides is 2. The Hall–Kier alpha value is -3.68. The smallest absolute Gasteiger partial charge is 0.336 e. The van der Waals surface area contributed by atoms with Gasteiger partial charge in [-0.2, -0.15) is 0 Å². The molecule has 0 saturated heterocycles. The van der Waals surface area contributed by atoms with E-state index < -0.39 is 23.3 Å². The van der Waals surface area contributed by atoms with Crippen molar-refractivity contribution in [3.63, 3.8) is 0 Å². The Kier molecular flexibility index (Phi) is 5.92. The Morgan fingerprint density at radius 3 is 2.59 bits per heavy atom. The van der Waals surface area contributed by atoms with Crippen LogP contribution in [0.15, 0.2) is 57.7 Å². The van der Waals surface area contributed by atoms with Crippen LogP contribution in [0.5, 0.6) is 5.75 Å². The van der Waals surface area contributed by atoms with E-state index in [1.54, 1.807) is 19.1 Å². The molecule has 150 valence electrons. The molecule has 1 N–H and O–H groups in total. The number of aryl methyl sites for hydroxylation is 1. The molecule has 7 nitrogen and oxygen atoms in total. The molecule has 8 heteroatoms. The summed E-state index contributed by atoms with van der Waals surface area (Å²) < 4.78 is 23.5. The van der Waals surface area contributed by atoms with Crippen LogP contribution in [0.3, 0.4) is 0 Å². The lowest BCUT2D eigenvalue weighted by molar-refractivity contribution is -0.135. The first-order valence-electron chi connectivity index (χ1n) is 8.78. The summed E-state index contributed by atoms with van der Waals surface area (Å²) in [5.41, 5.74) is 1.12. The molecule has 29 heavy (non-hydrogen) atoms. The van der Waals surface area contributed by atoms with Crippen LogP contribution < -0.4 is 15.7 Å². The minimum atomic E-state index is -0.463. The number of rotatable bonds is 6. The molecule has 0 spiro atoms. The van der Waals surface area contributed by atoms with Crippen LogP contribution in [0.4, 0.5) is 10.1 Å². The van der Waals surface area contributed by atoms with Gasteiger partial charge in [-0.25, -0.2) is 9.18 Å². The van der Waals surface area contributed by atoms with Crippen molar-refractivity contribution in [2.24, 2.45) is 0 Å². The molecule has 0 fully saturated rings. The number of halogens is 1. The highest BCUT2D eigenvalue weighted by Crippen LogP contribution is 2.22. The van der Waals surface area contributed by atoms with Crippen LogP contribution in [-0.4, -0.2) is 36.9 Å². The topological polar surface area (TPSA) is 88.8 Å². The van der Waals surface area contributed by atoms with Crippen LogP contribution in [0.2, 0.25) is 0 Å². The van der Waals surface area contributed by atoms with Crippen molar-refractivity contribution in [2.75, 3.05) is 25.5 Å². The molecule has 1 heterocycles. The van der Waals surface area contributed by atoms with Crippen molar-refractivity contribution in [3.8, 4) is 5.75 Å². The fourth-order valence-electron chi connectivity index (χ4n) is 2.69. The Morgan fingerprint density at radius 2 is 1.86 bits per heavy atom. The van der Waals surface area contributed by atoms with Gasteiger partial charge in [0.1, 0.15) is 17.1 Å². The molecule has 0 radical (unpaired) electrons. The van der Waals surface area contributed by atoms with Gasteiger partial charge in [-0.05, 0) is 48.9 Å². The Labute approximate surface area is 165 Å². The quantitative estimate of drug-likeness (QED) is 0.645. The second-order valence-electron chi connectivity index (χ2n) is 6.50. The molecule has 0 bridgehead atoms. The van der Waals surface area contributed by atoms with Crippen LogP contribution in [0, 0.1) is 12.7 Å². The van der Waals surface area contributed by atoms with Crippen LogP contribution in [0.1, 0.15) is 5.56 Å². The number of anilines is 1. The van der Waals surface area contributed by atoms with Gasteiger partial charge in [-0.3, -0.25) is 9.59 Å². The van der Waals surface area contributed by atoms with Crippen molar-refractivity contribution in [2.45, 2.75) is 6.92 Å². The maximum absolute atomic E-state index is 12.9. The number of hydrogen-bond donors (Lipinski definition) is 1. The van der Waals surface area contributed by atoms with E-state index in [2.05, 4.69) is 5.32 Å². The van der Waals surface area contributed by atoms with Crippen molar-refractivity contribution in [1.29, 1.82) is 0 Å². The van der Waals surface area contributed by atoms with Gasteiger partial charge in [0.05, 0.1) is 6.54 Å². The molecule has 0 aliphatic heterocycles. The number of ether oxygens (including phenoxy) is 1. The average molecular weight is 398 g/mol. The fourth-order valence-corrected chi connectivity index (χ4v) is 2.69. The number of hydrogen-bond acceptors (Lipinski definition) is 5. The molecule has 0 atom stereocenters. The van der Waals surface area contributed by atoms with E-state index in [9.17, 15) is 18.8 Å². The summed E-state index contributed by atoms with van der Waals surface area (Å²) in [7, 11) is 1.47. The third kappa shape index (κ3) is 5.19. The molecule has 3 aromatic rings. The summed E-state index contributed by atoms with van der Waals surface area (Å²) in [6.45, 7) is 1.32. The summed E-state index contributed by atoms with van der Waals surface area (Å²) in [4.78, 5) is 36.9. The maximum atomic E-state index is 12.9. The molecule has 3 rings (SSSR count). The van der Waals surface area contributed by atoms with E-state index in [0.717, 1.165) is 10.9 Å². The highest BCUT2D eigenvalue weighted by Gasteiger charge is 2.14. The lowest BCUT2D eigenvalue weighted by Crippen LogP contribution is -2.37. The highest BCUT2D eigenvalue weighted by molar-refractivity contribution is 5.94. The Bertz CT molecular complexity index is 1110. The van der Waals surface area contributed by atoms with Gasteiger partial charge < -0.3 is 19.4 Å². The van der Waals surface area contributed by atoms with Gasteiger partial charge in [0.25, 0.3) is 5.91 Å². The first-order valence-corrected chi connectivity index (χ1v) is 8.78. The van der Waals surface area contributed by atoms with E-state index >= 15 is 0 Å². The standard InChI is InChI=1S/C21H19FN2O5/c1-13-9-21(27)29-18-10-16(7-8-17(13)18)28-12-20(26)24(2)11-19(25)23-15-5-3-14(22)4-6-15/h3-10H,11-12H2,1-2H3,(H,23,25). The van der Waals surface area contributed by atoms with Crippen molar-refractivity contribution in [1.82, 2.24) is 4.90 Å². The van der Waals surface area contributed by atoms with Gasteiger partial charge in [0.15, 0.2) is 6.61 Å². The van der Waals surface area contributed by atoms with Crippen LogP contribution >= 0.6 is 0 Å². The van der Waals surface area contributed by atoms with Crippen molar-refractivity contribution < 1.29 is 23.1 Å². The Morgan fingerprint density at radius 1 is 1.14 bits per heavy atom. The number of likely N-dealkylation sites (N-methyl/N-ethyl adjacent to an activating group) is 1. The predicted molar refractivity (Wildman–Crippen MR) is 105 cm³/mol. The molecular weight excluding hydrogens is 379 g/mol. The van der Waals surface area contributed by atoms with Gasteiger partial charge in [-0.15, -0.1) is 0 Å². The van der Waals surface area contributed by atoms with Gasteiger partial charge >= 0.3 is 5.63 Å². The zero-order valence-electron chi connectivity index (χ0n) is 15.9. The summed E-state index contributed by atoms with van der Waals surface area (Å²) in [5.74, 6) is -0.875. The second kappa shape index (κ2) is 8.55. The molecule has 0 aliphatic rings. The molecule has 0 aliphatic carbocycles. The van der Waals surface area contributed by atoms with E-state index in [4.69, 9.17) is 9.15 Å². The predicted octanol–water partition coefficient (Wildman–Crippen LogP) is 2.72. The molecule has 0 unspecified atom stereocenters. The highest BCUT2D eigenvalue weighted by atomic mass is 19.1. The third-order valence-electron chi connectivity index (χ3n) is 4.22. The zero-order valence-corrected chi connectivity index (χ0v) is 15.9. The molecule has 2 amide bonds. The van der Waals surface area contributed by atoms with E-state index in [-0.39, 0.29) is 13.2 Å². The largest absolute Gasteiger partial charge is 0.484 e. The molecule has 0 saturated carbocycles. The van der Waals surface area contributed by atoms with Crippen molar-refractivity contribution in [3.05, 3.63) is 70.3 Å². The number of nitrogens with zero attached hydrogens (tertiary/aromatic N) is 1. The number of carbonyl (C=O) groups is 2. The van der Waals surface area contributed by atoms with Crippen LogP contribution in [0.25, 0.3) is 11.0 Å². The monoisotopic (exact) mass is 398 g/mol. The second-order valence-corrected chi connectivity index (χ2v) is 6.50. The average Bonchev–Trinajstić information content (AvgIpc) is 2.67. The zero-order chi connectivity index (χ0) is 21.0. The third-order valence-corrected chi connectivity index (χ3v) is 4.22. The normalized spacial score (nSPS) is 10.6. The lowest BCUT2D eigenvalue weighted by Gasteiger charge is -2.17. The van der Waals surface area contributed by atoms with E-state index in [0.29, 0.717) is 17.0 Å². The van der Waals surface area contributed by atoms with Gasteiger partial charge in [0.2, 0.25) is 5.91 Å². The van der Waals surface area contributed by atoms with Gasteiger partial charge in [0, 0.05) is 30.3 Å². The molecule has 1 aromatic heterocycles. The van der Waals surface area contributed by atoms with Gasteiger partial charge in [-0.1, -0.05) is 0 Å². The first kappa shape index (κ1) is 20.1. The number of nitrogens with one attached hydrogen (secondary N) is 1. The van der Waals surface area contributed by atoms with Crippen LogP contribution in [-0.2, 0) is 9.59 Å². The van der Waals surface area contributed by atoms with Crippen molar-refractivity contribution >= 4 is 28.5 Å². The summed E-state index contributed by atoms with van der Waals surface area (Å²) in [5, 5.41) is 3.35. The van der Waals surface area contributed by atoms with E-state index in [1.165, 1.54) is 48.3 Å². The first-order chi connectivity index (χ1) is 13.8. The number of carbonyl (C=O) groups excluding carboxylic acids is 2. The number of fused-ring (bicyclic) bond motifs is 1. The Balaban J connectivity index is 1.55. The maximum Gasteiger partial charge on any atom is 0.336 e.